The SMILES string of the molecule is COCCC(C)(C(=O)O)N(C)C1CCCC1. The minimum absolute atomic E-state index is 0.415. The molecule has 1 rings (SSSR count). The van der Waals surface area contributed by atoms with Crippen molar-refractivity contribution in [2.75, 3.05) is 20.8 Å². The van der Waals surface area contributed by atoms with Crippen molar-refractivity contribution in [3.8, 4) is 0 Å². The van der Waals surface area contributed by atoms with E-state index in [9.17, 15) is 9.90 Å². The number of hydrogen-bond donors (Lipinski definition) is 1. The van der Waals surface area contributed by atoms with E-state index in [1.165, 1.54) is 12.8 Å². The first-order valence-corrected chi connectivity index (χ1v) is 5.97. The molecule has 0 amide bonds. The van der Waals surface area contributed by atoms with Crippen LogP contribution in [0.15, 0.2) is 0 Å². The van der Waals surface area contributed by atoms with Gasteiger partial charge in [0.1, 0.15) is 5.54 Å². The number of ether oxygens (including phenoxy) is 1. The highest BCUT2D eigenvalue weighted by atomic mass is 16.5. The predicted molar refractivity (Wildman–Crippen MR) is 62.6 cm³/mol. The Morgan fingerprint density at radius 2 is 2.06 bits per heavy atom. The van der Waals surface area contributed by atoms with Crippen LogP contribution in [0.1, 0.15) is 39.0 Å². The lowest BCUT2D eigenvalue weighted by atomic mass is 9.94. The predicted octanol–water partition coefficient (Wildman–Crippen LogP) is 1.74. The summed E-state index contributed by atoms with van der Waals surface area (Å²) in [5.41, 5.74) is -0.801. The van der Waals surface area contributed by atoms with Crippen LogP contribution in [0.3, 0.4) is 0 Å². The first kappa shape index (κ1) is 13.5. The van der Waals surface area contributed by atoms with Gasteiger partial charge in [-0.3, -0.25) is 9.69 Å². The molecular formula is C12H23NO3. The summed E-state index contributed by atoms with van der Waals surface area (Å²) < 4.78 is 5.01. The van der Waals surface area contributed by atoms with Crippen molar-refractivity contribution in [1.82, 2.24) is 4.90 Å². The lowest BCUT2D eigenvalue weighted by molar-refractivity contribution is -0.152. The molecule has 0 aromatic rings. The molecule has 1 N–H and O–H groups in total. The van der Waals surface area contributed by atoms with Crippen LogP contribution in [0.4, 0.5) is 0 Å². The van der Waals surface area contributed by atoms with E-state index in [2.05, 4.69) is 0 Å². The molecule has 0 aliphatic heterocycles. The normalized spacial score (nSPS) is 21.2. The zero-order valence-electron chi connectivity index (χ0n) is 10.5. The van der Waals surface area contributed by atoms with Gasteiger partial charge in [0.2, 0.25) is 0 Å². The Morgan fingerprint density at radius 3 is 2.50 bits per heavy atom. The molecule has 0 spiro atoms. The van der Waals surface area contributed by atoms with Gasteiger partial charge >= 0.3 is 5.97 Å². The first-order valence-electron chi connectivity index (χ1n) is 5.97. The summed E-state index contributed by atoms with van der Waals surface area (Å²) in [6, 6.07) is 0.415. The van der Waals surface area contributed by atoms with Crippen molar-refractivity contribution in [1.29, 1.82) is 0 Å². The van der Waals surface area contributed by atoms with E-state index in [1.807, 2.05) is 11.9 Å². The Hall–Kier alpha value is -0.610. The van der Waals surface area contributed by atoms with Gasteiger partial charge in [-0.05, 0) is 33.2 Å². The van der Waals surface area contributed by atoms with Crippen molar-refractivity contribution in [3.63, 3.8) is 0 Å². The van der Waals surface area contributed by atoms with E-state index in [1.54, 1.807) is 14.0 Å². The number of hydrogen-bond acceptors (Lipinski definition) is 3. The molecular weight excluding hydrogens is 206 g/mol. The molecule has 0 bridgehead atoms. The Balaban J connectivity index is 2.70. The molecule has 0 aromatic carbocycles. The second-order valence-corrected chi connectivity index (χ2v) is 4.87. The lowest BCUT2D eigenvalue weighted by Crippen LogP contribution is -2.54. The molecule has 0 saturated heterocycles. The number of aliphatic carboxylic acids is 1. The van der Waals surface area contributed by atoms with Crippen LogP contribution in [0.25, 0.3) is 0 Å². The largest absolute Gasteiger partial charge is 0.480 e. The van der Waals surface area contributed by atoms with Crippen LogP contribution < -0.4 is 0 Å². The van der Waals surface area contributed by atoms with Gasteiger partial charge < -0.3 is 9.84 Å². The zero-order valence-corrected chi connectivity index (χ0v) is 10.5. The molecule has 1 atom stereocenters. The first-order chi connectivity index (χ1) is 7.52. The molecule has 1 aliphatic rings. The molecule has 1 fully saturated rings. The molecule has 1 unspecified atom stereocenters. The van der Waals surface area contributed by atoms with Gasteiger partial charge in [-0.2, -0.15) is 0 Å². The minimum Gasteiger partial charge on any atom is -0.480 e. The van der Waals surface area contributed by atoms with E-state index in [-0.39, 0.29) is 0 Å². The van der Waals surface area contributed by atoms with Gasteiger partial charge in [0.15, 0.2) is 0 Å². The Labute approximate surface area is 97.6 Å². The van der Waals surface area contributed by atoms with Crippen molar-refractivity contribution in [2.45, 2.75) is 50.6 Å². The molecule has 16 heavy (non-hydrogen) atoms. The highest BCUT2D eigenvalue weighted by molar-refractivity contribution is 5.78. The van der Waals surface area contributed by atoms with Crippen LogP contribution >= 0.6 is 0 Å². The number of rotatable bonds is 6. The third kappa shape index (κ3) is 2.74. The topological polar surface area (TPSA) is 49.8 Å². The van der Waals surface area contributed by atoms with Crippen LogP contribution in [0.5, 0.6) is 0 Å². The van der Waals surface area contributed by atoms with Gasteiger partial charge in [-0.15, -0.1) is 0 Å². The summed E-state index contributed by atoms with van der Waals surface area (Å²) in [5.74, 6) is -0.751. The van der Waals surface area contributed by atoms with Crippen LogP contribution in [0, 0.1) is 0 Å². The van der Waals surface area contributed by atoms with E-state index >= 15 is 0 Å². The fraction of sp³-hybridized carbons (Fsp3) is 0.917. The maximum absolute atomic E-state index is 11.4. The van der Waals surface area contributed by atoms with Crippen molar-refractivity contribution < 1.29 is 14.6 Å². The smallest absolute Gasteiger partial charge is 0.323 e. The fourth-order valence-corrected chi connectivity index (χ4v) is 2.43. The summed E-state index contributed by atoms with van der Waals surface area (Å²) >= 11 is 0. The molecule has 1 saturated carbocycles. The standard InChI is InChI=1S/C12H23NO3/c1-12(11(14)15,8-9-16-3)13(2)10-6-4-5-7-10/h10H,4-9H2,1-3H3,(H,14,15). The lowest BCUT2D eigenvalue weighted by Gasteiger charge is -2.39. The Kier molecular flexibility index (Phi) is 4.74. The molecule has 0 radical (unpaired) electrons. The van der Waals surface area contributed by atoms with E-state index in [4.69, 9.17) is 4.74 Å². The number of likely N-dealkylation sites (N-methyl/N-ethyl adjacent to an activating group) is 1. The Bertz CT molecular complexity index is 238. The van der Waals surface area contributed by atoms with Gasteiger partial charge in [0.25, 0.3) is 0 Å². The quantitative estimate of drug-likeness (QED) is 0.753. The summed E-state index contributed by atoms with van der Waals surface area (Å²) in [7, 11) is 3.54. The molecule has 4 nitrogen and oxygen atoms in total. The Morgan fingerprint density at radius 1 is 1.50 bits per heavy atom. The van der Waals surface area contributed by atoms with E-state index < -0.39 is 11.5 Å². The maximum atomic E-state index is 11.4. The summed E-state index contributed by atoms with van der Waals surface area (Å²) in [4.78, 5) is 13.5. The second-order valence-electron chi connectivity index (χ2n) is 4.87. The second kappa shape index (κ2) is 5.64. The average Bonchev–Trinajstić information content (AvgIpc) is 2.77. The van der Waals surface area contributed by atoms with Crippen molar-refractivity contribution >= 4 is 5.97 Å². The van der Waals surface area contributed by atoms with Gasteiger partial charge in [0, 0.05) is 19.8 Å². The highest BCUT2D eigenvalue weighted by Gasteiger charge is 2.40. The number of methoxy groups -OCH3 is 1. The molecule has 4 heteroatoms. The molecule has 0 aromatic heterocycles. The summed E-state index contributed by atoms with van der Waals surface area (Å²) in [6.07, 6.45) is 5.20. The van der Waals surface area contributed by atoms with E-state index in [0.29, 0.717) is 19.1 Å². The van der Waals surface area contributed by atoms with E-state index in [0.717, 1.165) is 12.8 Å². The van der Waals surface area contributed by atoms with Crippen molar-refractivity contribution in [3.05, 3.63) is 0 Å². The molecule has 0 heterocycles. The molecule has 1 aliphatic carbocycles. The van der Waals surface area contributed by atoms with Crippen LogP contribution in [0.2, 0.25) is 0 Å². The number of nitrogens with zero attached hydrogens (tertiary/aromatic N) is 1. The maximum Gasteiger partial charge on any atom is 0.323 e. The number of carboxylic acids is 1. The number of carbonyl (C=O) groups is 1. The fourth-order valence-electron chi connectivity index (χ4n) is 2.43. The zero-order chi connectivity index (χ0) is 12.2. The average molecular weight is 229 g/mol. The third-order valence-corrected chi connectivity index (χ3v) is 3.90. The summed E-state index contributed by atoms with van der Waals surface area (Å²) in [6.45, 7) is 2.28. The summed E-state index contributed by atoms with van der Waals surface area (Å²) in [5, 5.41) is 9.39. The highest BCUT2D eigenvalue weighted by Crippen LogP contribution is 2.29. The van der Waals surface area contributed by atoms with Crippen molar-refractivity contribution in [2.24, 2.45) is 0 Å². The molecule has 94 valence electrons. The monoisotopic (exact) mass is 229 g/mol. The van der Waals surface area contributed by atoms with Gasteiger partial charge in [-0.1, -0.05) is 12.8 Å². The van der Waals surface area contributed by atoms with Gasteiger partial charge in [0.05, 0.1) is 0 Å². The minimum atomic E-state index is -0.801. The third-order valence-electron chi connectivity index (χ3n) is 3.90. The van der Waals surface area contributed by atoms with Crippen LogP contribution in [-0.2, 0) is 9.53 Å². The van der Waals surface area contributed by atoms with Gasteiger partial charge in [-0.25, -0.2) is 0 Å². The van der Waals surface area contributed by atoms with Crippen LogP contribution in [-0.4, -0.2) is 48.3 Å². The number of carboxylic acid groups (broad SMARTS) is 1.